The highest BCUT2D eigenvalue weighted by atomic mass is 16.6. The Bertz CT molecular complexity index is 809. The number of epoxide rings is 1. The minimum Gasteiger partial charge on any atom is -0.393 e. The van der Waals surface area contributed by atoms with E-state index in [4.69, 9.17) is 4.74 Å². The summed E-state index contributed by atoms with van der Waals surface area (Å²) in [4.78, 5) is 13.6. The molecule has 1 heterocycles. The van der Waals surface area contributed by atoms with Gasteiger partial charge in [0.1, 0.15) is 5.60 Å². The Morgan fingerprint density at radius 1 is 1.17 bits per heavy atom. The molecule has 30 heavy (non-hydrogen) atoms. The molecule has 0 bridgehead atoms. The summed E-state index contributed by atoms with van der Waals surface area (Å²) in [6.07, 6.45) is 12.4. The molecule has 5 rings (SSSR count). The van der Waals surface area contributed by atoms with Crippen LogP contribution in [0.3, 0.4) is 0 Å². The van der Waals surface area contributed by atoms with Crippen LogP contribution in [0.2, 0.25) is 0 Å². The summed E-state index contributed by atoms with van der Waals surface area (Å²) >= 11 is 0. The average molecular weight is 413 g/mol. The monoisotopic (exact) mass is 412 g/mol. The van der Waals surface area contributed by atoms with Crippen molar-refractivity contribution in [2.24, 2.45) is 34.5 Å². The van der Waals surface area contributed by atoms with Crippen molar-refractivity contribution in [1.29, 1.82) is 0 Å². The number of carbonyl (C=O) groups is 1. The molecule has 3 saturated carbocycles. The van der Waals surface area contributed by atoms with Gasteiger partial charge in [-0.2, -0.15) is 0 Å². The van der Waals surface area contributed by atoms with Crippen molar-refractivity contribution in [1.82, 2.24) is 0 Å². The average Bonchev–Trinajstić information content (AvgIpc) is 3.29. The molecule has 1 N–H and O–H groups in total. The van der Waals surface area contributed by atoms with E-state index in [1.54, 1.807) is 0 Å². The van der Waals surface area contributed by atoms with Gasteiger partial charge in [0.05, 0.1) is 6.10 Å². The summed E-state index contributed by atoms with van der Waals surface area (Å²) in [5.41, 5.74) is 2.43. The maximum atomic E-state index is 13.6. The fourth-order valence-electron chi connectivity index (χ4n) is 8.21. The van der Waals surface area contributed by atoms with Crippen molar-refractivity contribution >= 4 is 5.78 Å². The molecular weight excluding hydrogens is 372 g/mol. The first-order chi connectivity index (χ1) is 14.1. The van der Waals surface area contributed by atoms with Crippen LogP contribution < -0.4 is 0 Å². The third-order valence-electron chi connectivity index (χ3n) is 9.99. The van der Waals surface area contributed by atoms with Gasteiger partial charge in [-0.3, -0.25) is 4.79 Å². The second-order valence-corrected chi connectivity index (χ2v) is 12.0. The van der Waals surface area contributed by atoms with Crippen LogP contribution in [0.5, 0.6) is 0 Å². The largest absolute Gasteiger partial charge is 0.393 e. The molecule has 0 aromatic carbocycles. The number of aliphatic hydroxyl groups is 1. The molecule has 0 aromatic heterocycles. The van der Waals surface area contributed by atoms with Crippen molar-refractivity contribution in [2.45, 2.75) is 104 Å². The number of ketones is 1. The molecule has 0 unspecified atom stereocenters. The van der Waals surface area contributed by atoms with Crippen molar-refractivity contribution in [2.75, 3.05) is 0 Å². The summed E-state index contributed by atoms with van der Waals surface area (Å²) in [7, 11) is 0. The zero-order chi connectivity index (χ0) is 21.5. The summed E-state index contributed by atoms with van der Waals surface area (Å²) in [6.45, 7) is 11.7. The van der Waals surface area contributed by atoms with Gasteiger partial charge in [-0.1, -0.05) is 52.3 Å². The van der Waals surface area contributed by atoms with E-state index in [-0.39, 0.29) is 34.4 Å². The van der Waals surface area contributed by atoms with E-state index in [2.05, 4.69) is 46.8 Å². The Hall–Kier alpha value is -0.930. The van der Waals surface area contributed by atoms with Crippen LogP contribution in [0.15, 0.2) is 23.3 Å². The number of carbonyl (C=O) groups excluding carboxylic acids is 1. The molecule has 4 aliphatic carbocycles. The minimum absolute atomic E-state index is 0.00927. The van der Waals surface area contributed by atoms with Crippen LogP contribution in [0.4, 0.5) is 0 Å². The van der Waals surface area contributed by atoms with Gasteiger partial charge in [0.25, 0.3) is 0 Å². The summed E-state index contributed by atoms with van der Waals surface area (Å²) in [5, 5.41) is 10.3. The van der Waals surface area contributed by atoms with Crippen LogP contribution in [0, 0.1) is 34.5 Å². The first-order valence-electron chi connectivity index (χ1n) is 12.4. The Morgan fingerprint density at radius 3 is 2.67 bits per heavy atom. The summed E-state index contributed by atoms with van der Waals surface area (Å²) in [6, 6.07) is 0. The lowest BCUT2D eigenvalue weighted by Gasteiger charge is -2.54. The molecule has 1 spiro atoms. The SMILES string of the molecule is CC(C)C/C=C/[C@@H](C)[C@H]1CCC2=C3C(=O)[C@@H]4O[C@@]45C[C@@H](O)CC[C@]5(C)[C@H]3CC[C@@]21C. The zero-order valence-electron chi connectivity index (χ0n) is 19.5. The number of ether oxygens (including phenoxy) is 1. The molecule has 1 aliphatic heterocycles. The van der Waals surface area contributed by atoms with Crippen LogP contribution in [0.1, 0.15) is 86.0 Å². The molecule has 3 heteroatoms. The van der Waals surface area contributed by atoms with E-state index in [9.17, 15) is 9.90 Å². The Labute approximate surface area is 182 Å². The zero-order valence-corrected chi connectivity index (χ0v) is 19.5. The number of hydrogen-bond donors (Lipinski definition) is 1. The lowest BCUT2D eigenvalue weighted by molar-refractivity contribution is -0.121. The highest BCUT2D eigenvalue weighted by Crippen LogP contribution is 2.71. The predicted octanol–water partition coefficient (Wildman–Crippen LogP) is 5.62. The maximum Gasteiger partial charge on any atom is 0.190 e. The highest BCUT2D eigenvalue weighted by molar-refractivity contribution is 6.04. The predicted molar refractivity (Wildman–Crippen MR) is 119 cm³/mol. The topological polar surface area (TPSA) is 49.8 Å². The van der Waals surface area contributed by atoms with Gasteiger partial charge < -0.3 is 9.84 Å². The second kappa shape index (κ2) is 6.78. The molecule has 166 valence electrons. The summed E-state index contributed by atoms with van der Waals surface area (Å²) < 4.78 is 6.22. The van der Waals surface area contributed by atoms with Crippen molar-refractivity contribution in [3.05, 3.63) is 23.3 Å². The van der Waals surface area contributed by atoms with Crippen LogP contribution in [-0.4, -0.2) is 28.7 Å². The molecule has 1 saturated heterocycles. The number of fused-ring (bicyclic) bond motifs is 3. The number of hydrogen-bond acceptors (Lipinski definition) is 3. The first kappa shape index (κ1) is 20.9. The van der Waals surface area contributed by atoms with E-state index in [1.165, 1.54) is 24.0 Å². The highest BCUT2D eigenvalue weighted by Gasteiger charge is 2.77. The normalized spacial score (nSPS) is 48.4. The van der Waals surface area contributed by atoms with Crippen LogP contribution in [-0.2, 0) is 9.53 Å². The minimum atomic E-state index is -0.380. The van der Waals surface area contributed by atoms with Gasteiger partial charge in [0.15, 0.2) is 11.9 Å². The molecule has 0 radical (unpaired) electrons. The van der Waals surface area contributed by atoms with Gasteiger partial charge in [-0.25, -0.2) is 0 Å². The van der Waals surface area contributed by atoms with Gasteiger partial charge in [0.2, 0.25) is 0 Å². The molecule has 4 fully saturated rings. The van der Waals surface area contributed by atoms with E-state index >= 15 is 0 Å². The van der Waals surface area contributed by atoms with E-state index in [0.29, 0.717) is 30.1 Å². The van der Waals surface area contributed by atoms with Crippen molar-refractivity contribution < 1.29 is 14.6 Å². The molecule has 0 amide bonds. The lowest BCUT2D eigenvalue weighted by atomic mass is 9.48. The fourth-order valence-corrected chi connectivity index (χ4v) is 8.21. The Balaban J connectivity index is 1.48. The number of allylic oxidation sites excluding steroid dienone is 3. The lowest BCUT2D eigenvalue weighted by Crippen LogP contribution is -2.56. The van der Waals surface area contributed by atoms with Gasteiger partial charge in [0, 0.05) is 17.4 Å². The smallest absolute Gasteiger partial charge is 0.190 e. The van der Waals surface area contributed by atoms with E-state index < -0.39 is 0 Å². The molecule has 5 aliphatic rings. The fraction of sp³-hybridized carbons (Fsp3) is 0.815. The first-order valence-corrected chi connectivity index (χ1v) is 12.4. The van der Waals surface area contributed by atoms with Gasteiger partial charge >= 0.3 is 0 Å². The number of aliphatic hydroxyl groups excluding tert-OH is 1. The van der Waals surface area contributed by atoms with Crippen molar-refractivity contribution in [3.63, 3.8) is 0 Å². The van der Waals surface area contributed by atoms with Crippen molar-refractivity contribution in [3.8, 4) is 0 Å². The Morgan fingerprint density at radius 2 is 1.93 bits per heavy atom. The maximum absolute atomic E-state index is 13.6. The third-order valence-corrected chi connectivity index (χ3v) is 9.99. The van der Waals surface area contributed by atoms with E-state index in [1.807, 2.05) is 0 Å². The van der Waals surface area contributed by atoms with Crippen LogP contribution >= 0.6 is 0 Å². The molecule has 0 aromatic rings. The second-order valence-electron chi connectivity index (χ2n) is 12.0. The molecule has 8 atom stereocenters. The van der Waals surface area contributed by atoms with Crippen LogP contribution in [0.25, 0.3) is 0 Å². The summed E-state index contributed by atoms with van der Waals surface area (Å²) in [5.74, 6) is 2.49. The quantitative estimate of drug-likeness (QED) is 0.482. The van der Waals surface area contributed by atoms with E-state index in [0.717, 1.165) is 32.1 Å². The number of Topliss-reactive ketones (excluding diaryl/α,β-unsaturated/α-hetero) is 1. The van der Waals surface area contributed by atoms with Gasteiger partial charge in [-0.05, 0) is 74.0 Å². The molecule has 3 nitrogen and oxygen atoms in total. The number of rotatable bonds is 4. The standard InChI is InChI=1S/C27H40O3/c1-16(2)7-6-8-17(3)19-9-10-20-22-21(12-13-25(19,20)4)26(5)14-11-18(28)15-27(26)24(30-27)23(22)29/h6,8,16-19,21,24,28H,7,9-15H2,1-5H3/b8-6+/t17-,18+,19-,21+,24+,25-,26-,27+/m1/s1. The molecular formula is C27H40O3. The Kier molecular flexibility index (Phi) is 4.74. The third kappa shape index (κ3) is 2.67. The van der Waals surface area contributed by atoms with Gasteiger partial charge in [-0.15, -0.1) is 0 Å².